The van der Waals surface area contributed by atoms with Crippen LogP contribution in [0.4, 0.5) is 22.4 Å². The highest BCUT2D eigenvalue weighted by Crippen LogP contribution is 2.34. The third-order valence-corrected chi connectivity index (χ3v) is 5.88. The molecule has 0 radical (unpaired) electrons. The number of hydrogen-bond donors (Lipinski definition) is 1. The monoisotopic (exact) mass is 472 g/mol. The van der Waals surface area contributed by atoms with Crippen molar-refractivity contribution in [3.8, 4) is 0 Å². The van der Waals surface area contributed by atoms with Gasteiger partial charge in [0.1, 0.15) is 11.4 Å². The van der Waals surface area contributed by atoms with Gasteiger partial charge >= 0.3 is 12.2 Å². The Morgan fingerprint density at radius 2 is 1.91 bits per heavy atom. The van der Waals surface area contributed by atoms with E-state index in [0.29, 0.717) is 24.0 Å². The summed E-state index contributed by atoms with van der Waals surface area (Å²) >= 11 is 0. The molecule has 1 atom stereocenters. The maximum Gasteiger partial charge on any atom is 0.449 e. The number of nitrogens with zero attached hydrogens (tertiary/aromatic N) is 3. The highest BCUT2D eigenvalue weighted by molar-refractivity contribution is 5.88. The highest BCUT2D eigenvalue weighted by Gasteiger charge is 2.35. The summed E-state index contributed by atoms with van der Waals surface area (Å²) < 4.78 is 56.6. The molecule has 2 aliphatic rings. The van der Waals surface area contributed by atoms with E-state index in [1.54, 1.807) is 24.3 Å². The number of alkyl halides is 3. The van der Waals surface area contributed by atoms with Gasteiger partial charge in [-0.15, -0.1) is 0 Å². The maximum atomic E-state index is 13.1. The average Bonchev–Trinajstić information content (AvgIpc) is 3.25. The van der Waals surface area contributed by atoms with E-state index in [1.165, 1.54) is 29.4 Å². The normalized spacial score (nSPS) is 19.4. The van der Waals surface area contributed by atoms with Gasteiger partial charge in [-0.25, -0.2) is 14.2 Å². The lowest BCUT2D eigenvalue weighted by atomic mass is 9.99. The molecule has 1 unspecified atom stereocenters. The second kappa shape index (κ2) is 8.60. The summed E-state index contributed by atoms with van der Waals surface area (Å²) in [7, 11) is 0. The van der Waals surface area contributed by atoms with Crippen molar-refractivity contribution in [2.75, 3.05) is 13.1 Å². The van der Waals surface area contributed by atoms with Gasteiger partial charge in [0.15, 0.2) is 6.29 Å². The van der Waals surface area contributed by atoms with Gasteiger partial charge in [-0.2, -0.15) is 13.2 Å². The molecule has 3 heterocycles. The van der Waals surface area contributed by atoms with Crippen molar-refractivity contribution in [3.63, 3.8) is 0 Å². The molecule has 0 saturated heterocycles. The largest absolute Gasteiger partial charge is 0.452 e. The molecule has 34 heavy (non-hydrogen) atoms. The Bertz CT molecular complexity index is 1280. The molecule has 2 amide bonds. The smallest absolute Gasteiger partial charge is 0.449 e. The van der Waals surface area contributed by atoms with Gasteiger partial charge in [-0.1, -0.05) is 24.3 Å². The molecule has 0 bridgehead atoms. The molecule has 0 fully saturated rings. The van der Waals surface area contributed by atoms with Crippen molar-refractivity contribution in [2.24, 2.45) is 4.99 Å². The quantitative estimate of drug-likeness (QED) is 0.530. The third-order valence-electron chi connectivity index (χ3n) is 5.88. The lowest BCUT2D eigenvalue weighted by Gasteiger charge is -2.35. The van der Waals surface area contributed by atoms with Crippen LogP contribution < -0.4 is 5.32 Å². The number of rotatable bonds is 4. The zero-order valence-corrected chi connectivity index (χ0v) is 17.8. The molecule has 0 aliphatic carbocycles. The number of fused-ring (bicyclic) bond motifs is 1. The number of furan rings is 1. The Balaban J connectivity index is 1.24. The maximum absolute atomic E-state index is 13.1. The number of halogens is 4. The number of carbonyl (C=O) groups excluding carboxylic acids is 1. The standard InChI is InChI=1S/C24H20F4N4O2/c25-19-4-2-16(3-5-19)17-7-9-31(10-8-17)22-29-14-32(23(33)30-22)13-15-1-6-20-18(11-15)12-21(34-20)24(26,27)28/h1-7,11-12,14,22H,8-10,13H2,(H,30,33). The Morgan fingerprint density at radius 3 is 2.59 bits per heavy atom. The van der Waals surface area contributed by atoms with Crippen LogP contribution in [0.5, 0.6) is 0 Å². The summed E-state index contributed by atoms with van der Waals surface area (Å²) in [5, 5.41) is 3.16. The van der Waals surface area contributed by atoms with Crippen LogP contribution in [0.3, 0.4) is 0 Å². The molecule has 3 aromatic rings. The number of urea groups is 1. The molecule has 1 aromatic heterocycles. The van der Waals surface area contributed by atoms with E-state index in [1.807, 2.05) is 11.0 Å². The Labute approximate surface area is 192 Å². The number of nitrogens with one attached hydrogen (secondary N) is 1. The van der Waals surface area contributed by atoms with Gasteiger partial charge in [0.05, 0.1) is 12.9 Å². The average molecular weight is 472 g/mol. The minimum atomic E-state index is -4.56. The number of carbonyl (C=O) groups is 1. The Morgan fingerprint density at radius 1 is 1.12 bits per heavy atom. The molecule has 0 spiro atoms. The second-order valence-corrected chi connectivity index (χ2v) is 8.18. The van der Waals surface area contributed by atoms with Crippen molar-refractivity contribution in [2.45, 2.75) is 25.4 Å². The lowest BCUT2D eigenvalue weighted by Crippen LogP contribution is -2.55. The number of hydrogen-bond acceptors (Lipinski definition) is 4. The van der Waals surface area contributed by atoms with Crippen molar-refractivity contribution in [1.29, 1.82) is 0 Å². The number of aliphatic imine (C=N–C) groups is 1. The molecule has 0 saturated carbocycles. The van der Waals surface area contributed by atoms with E-state index < -0.39 is 18.2 Å². The molecule has 5 rings (SSSR count). The topological polar surface area (TPSA) is 61.1 Å². The van der Waals surface area contributed by atoms with Gasteiger partial charge in [-0.05, 0) is 53.5 Å². The molecular weight excluding hydrogens is 452 g/mol. The predicted octanol–water partition coefficient (Wildman–Crippen LogP) is 5.22. The summed E-state index contributed by atoms with van der Waals surface area (Å²) in [6.07, 6.45) is -0.844. The summed E-state index contributed by atoms with van der Waals surface area (Å²) in [5.74, 6) is -1.33. The van der Waals surface area contributed by atoms with Crippen LogP contribution >= 0.6 is 0 Å². The van der Waals surface area contributed by atoms with E-state index in [-0.39, 0.29) is 24.0 Å². The van der Waals surface area contributed by atoms with Crippen LogP contribution in [0.2, 0.25) is 0 Å². The van der Waals surface area contributed by atoms with E-state index in [9.17, 15) is 22.4 Å². The third kappa shape index (κ3) is 4.54. The van der Waals surface area contributed by atoms with Gasteiger partial charge in [-0.3, -0.25) is 9.80 Å². The van der Waals surface area contributed by atoms with Crippen molar-refractivity contribution >= 4 is 28.9 Å². The summed E-state index contributed by atoms with van der Waals surface area (Å²) in [6, 6.07) is 11.6. The van der Waals surface area contributed by atoms with Crippen molar-refractivity contribution in [1.82, 2.24) is 15.1 Å². The van der Waals surface area contributed by atoms with Crippen LogP contribution in [0.15, 0.2) is 64.0 Å². The van der Waals surface area contributed by atoms with Crippen molar-refractivity contribution in [3.05, 3.63) is 77.3 Å². The zero-order valence-electron chi connectivity index (χ0n) is 17.8. The van der Waals surface area contributed by atoms with Crippen molar-refractivity contribution < 1.29 is 26.8 Å². The SMILES string of the molecule is O=C1NC(N2CC=C(c3ccc(F)cc3)CC2)N=CN1Cc1ccc2oc(C(F)(F)F)cc2c1. The minimum absolute atomic E-state index is 0.131. The van der Waals surface area contributed by atoms with E-state index in [4.69, 9.17) is 4.42 Å². The summed E-state index contributed by atoms with van der Waals surface area (Å²) in [6.45, 7) is 1.40. The molecular formula is C24H20F4N4O2. The molecule has 2 aromatic carbocycles. The van der Waals surface area contributed by atoms with Crippen LogP contribution in [0.1, 0.15) is 23.3 Å². The second-order valence-electron chi connectivity index (χ2n) is 8.18. The Kier molecular flexibility index (Phi) is 5.60. The fourth-order valence-electron chi connectivity index (χ4n) is 4.09. The summed E-state index contributed by atoms with van der Waals surface area (Å²) in [4.78, 5) is 20.5. The van der Waals surface area contributed by atoms with E-state index in [2.05, 4.69) is 10.3 Å². The highest BCUT2D eigenvalue weighted by atomic mass is 19.4. The van der Waals surface area contributed by atoms with Crippen LogP contribution in [-0.4, -0.2) is 41.5 Å². The lowest BCUT2D eigenvalue weighted by molar-refractivity contribution is -0.152. The molecule has 6 nitrogen and oxygen atoms in total. The fourth-order valence-corrected chi connectivity index (χ4v) is 4.09. The van der Waals surface area contributed by atoms with E-state index >= 15 is 0 Å². The molecule has 176 valence electrons. The Hall–Kier alpha value is -3.66. The van der Waals surface area contributed by atoms with Crippen LogP contribution in [-0.2, 0) is 12.7 Å². The van der Waals surface area contributed by atoms with Gasteiger partial charge < -0.3 is 9.73 Å². The first kappa shape index (κ1) is 22.1. The van der Waals surface area contributed by atoms with Crippen LogP contribution in [0.25, 0.3) is 16.5 Å². The van der Waals surface area contributed by atoms with Gasteiger partial charge in [0, 0.05) is 18.5 Å². The number of amides is 2. The number of benzene rings is 2. The van der Waals surface area contributed by atoms with Crippen LogP contribution in [0, 0.1) is 5.82 Å². The molecule has 1 N–H and O–H groups in total. The predicted molar refractivity (Wildman–Crippen MR) is 118 cm³/mol. The van der Waals surface area contributed by atoms with E-state index in [0.717, 1.165) is 23.6 Å². The fraction of sp³-hybridized carbons (Fsp3) is 0.250. The molecule has 10 heteroatoms. The minimum Gasteiger partial charge on any atom is -0.452 e. The molecule has 2 aliphatic heterocycles. The van der Waals surface area contributed by atoms with Gasteiger partial charge in [0.25, 0.3) is 0 Å². The first-order valence-corrected chi connectivity index (χ1v) is 10.7. The first-order chi connectivity index (χ1) is 16.3. The first-order valence-electron chi connectivity index (χ1n) is 10.7. The van der Waals surface area contributed by atoms with Gasteiger partial charge in [0.2, 0.25) is 5.76 Å². The zero-order chi connectivity index (χ0) is 23.9. The summed E-state index contributed by atoms with van der Waals surface area (Å²) in [5.41, 5.74) is 2.87.